The van der Waals surface area contributed by atoms with Gasteiger partial charge in [0, 0.05) is 38.3 Å². The first-order chi connectivity index (χ1) is 16.5. The van der Waals surface area contributed by atoms with Crippen LogP contribution in [-0.4, -0.2) is 64.8 Å². The van der Waals surface area contributed by atoms with E-state index in [0.29, 0.717) is 59.6 Å². The van der Waals surface area contributed by atoms with Crippen molar-refractivity contribution >= 4 is 41.1 Å². The first kappa shape index (κ1) is 21.4. The average molecular weight is 480 g/mol. The van der Waals surface area contributed by atoms with Crippen molar-refractivity contribution < 1.29 is 9.21 Å². The predicted octanol–water partition coefficient (Wildman–Crippen LogP) is 3.49. The Morgan fingerprint density at radius 3 is 2.62 bits per heavy atom. The Morgan fingerprint density at radius 1 is 1.12 bits per heavy atom. The van der Waals surface area contributed by atoms with Crippen LogP contribution in [0.1, 0.15) is 41.9 Å². The molecule has 1 saturated carbocycles. The molecule has 6 rings (SSSR count). The molecule has 1 amide bonds. The van der Waals surface area contributed by atoms with Gasteiger partial charge in [-0.2, -0.15) is 9.99 Å². The molecule has 4 heterocycles. The van der Waals surface area contributed by atoms with Gasteiger partial charge in [-0.05, 0) is 48.1 Å². The van der Waals surface area contributed by atoms with E-state index in [4.69, 9.17) is 16.0 Å². The maximum Gasteiger partial charge on any atom is 0.300 e. The Balaban J connectivity index is 1.08. The van der Waals surface area contributed by atoms with Gasteiger partial charge in [0.1, 0.15) is 11.3 Å². The number of aromatic nitrogens is 2. The maximum absolute atomic E-state index is 13.1. The quantitative estimate of drug-likeness (QED) is 0.560. The van der Waals surface area contributed by atoms with Gasteiger partial charge < -0.3 is 19.6 Å². The molecule has 2 aromatic heterocycles. The Bertz CT molecular complexity index is 1250. The number of aliphatic imine (C=N–C) groups is 1. The summed E-state index contributed by atoms with van der Waals surface area (Å²) in [4.78, 5) is 30.2. The van der Waals surface area contributed by atoms with E-state index >= 15 is 0 Å². The number of carbonyl (C=O) groups is 1. The largest absolute Gasteiger partial charge is 0.422 e. The summed E-state index contributed by atoms with van der Waals surface area (Å²) in [6, 6.07) is 11.8. The fourth-order valence-corrected chi connectivity index (χ4v) is 4.65. The minimum atomic E-state index is -0.0502. The van der Waals surface area contributed by atoms with E-state index in [9.17, 15) is 4.79 Å². The van der Waals surface area contributed by atoms with Crippen molar-refractivity contribution in [1.29, 1.82) is 0 Å². The highest BCUT2D eigenvalue weighted by atomic mass is 35.5. The van der Waals surface area contributed by atoms with Gasteiger partial charge >= 0.3 is 0 Å². The van der Waals surface area contributed by atoms with Crippen LogP contribution in [0.25, 0.3) is 11.2 Å². The number of piperazine rings is 1. The summed E-state index contributed by atoms with van der Waals surface area (Å²) in [6.45, 7) is 5.74. The Morgan fingerprint density at radius 2 is 1.88 bits per heavy atom. The zero-order valence-corrected chi connectivity index (χ0v) is 19.7. The molecule has 1 unspecified atom stereocenters. The number of amides is 1. The molecule has 1 atom stereocenters. The van der Waals surface area contributed by atoms with Crippen LogP contribution in [0.3, 0.4) is 0 Å². The molecule has 1 aromatic carbocycles. The molecule has 1 saturated heterocycles. The zero-order valence-electron chi connectivity index (χ0n) is 18.9. The number of hydrogen-bond acceptors (Lipinski definition) is 8. The fraction of sp³-hybridized carbons (Fsp3) is 0.417. The molecule has 3 aliphatic rings. The van der Waals surface area contributed by atoms with E-state index < -0.39 is 0 Å². The highest BCUT2D eigenvalue weighted by Crippen LogP contribution is 2.46. The fourth-order valence-electron chi connectivity index (χ4n) is 4.51. The number of anilines is 1. The summed E-state index contributed by atoms with van der Waals surface area (Å²) >= 11 is 5.94. The van der Waals surface area contributed by atoms with Gasteiger partial charge in [0.25, 0.3) is 11.9 Å². The second-order valence-corrected chi connectivity index (χ2v) is 9.96. The van der Waals surface area contributed by atoms with E-state index in [1.54, 1.807) is 18.5 Å². The van der Waals surface area contributed by atoms with E-state index in [0.717, 1.165) is 12.1 Å². The standard InChI is InChI=1S/C24H26ClN7O2/c1-24(8-9-24)14-32-21(26-15-27-32)16-2-4-17(5-3-16)22(33)30-10-12-31(13-11-30)23-29-20-18(34-23)6-7-19(25)28-20/h2-7,15,21H,8-14H2,1H3,(H,26,27). The van der Waals surface area contributed by atoms with Crippen LogP contribution in [-0.2, 0) is 0 Å². The van der Waals surface area contributed by atoms with Crippen molar-refractivity contribution in [3.63, 3.8) is 0 Å². The molecule has 10 heteroatoms. The third-order valence-electron chi connectivity index (χ3n) is 6.89. The molecule has 0 spiro atoms. The SMILES string of the molecule is CC1(CN2NC=NC2c2ccc(C(=O)N3CCN(c4nc5nc(Cl)ccc5o4)CC3)cc2)CC1. The molecule has 34 heavy (non-hydrogen) atoms. The summed E-state index contributed by atoms with van der Waals surface area (Å²) in [5, 5.41) is 2.56. The smallest absolute Gasteiger partial charge is 0.300 e. The zero-order chi connectivity index (χ0) is 23.3. The number of fused-ring (bicyclic) bond motifs is 1. The molecule has 9 nitrogen and oxygen atoms in total. The van der Waals surface area contributed by atoms with Crippen LogP contribution in [0.2, 0.25) is 5.15 Å². The number of oxazole rings is 1. The van der Waals surface area contributed by atoms with Crippen LogP contribution in [0.15, 0.2) is 45.8 Å². The van der Waals surface area contributed by atoms with Crippen LogP contribution in [0.4, 0.5) is 6.01 Å². The number of nitrogens with one attached hydrogen (secondary N) is 1. The van der Waals surface area contributed by atoms with E-state index in [2.05, 4.69) is 32.3 Å². The van der Waals surface area contributed by atoms with Crippen LogP contribution in [0, 0.1) is 5.41 Å². The topological polar surface area (TPSA) is 90.1 Å². The van der Waals surface area contributed by atoms with E-state index in [1.807, 2.05) is 34.1 Å². The summed E-state index contributed by atoms with van der Waals surface area (Å²) in [5.74, 6) is 0.0348. The van der Waals surface area contributed by atoms with Gasteiger partial charge in [0.05, 0.1) is 6.34 Å². The van der Waals surface area contributed by atoms with Crippen molar-refractivity contribution in [3.8, 4) is 0 Å². The Kier molecular flexibility index (Phi) is 5.18. The molecule has 3 aromatic rings. The van der Waals surface area contributed by atoms with Crippen LogP contribution in [0.5, 0.6) is 0 Å². The molecule has 2 aliphatic heterocycles. The minimum absolute atomic E-state index is 0.0348. The normalized spacial score (nSPS) is 21.8. The molecular weight excluding hydrogens is 454 g/mol. The number of carbonyl (C=O) groups excluding carboxylic acids is 1. The van der Waals surface area contributed by atoms with Crippen molar-refractivity contribution in [1.82, 2.24) is 25.3 Å². The average Bonchev–Trinajstić information content (AvgIpc) is 3.22. The number of hydrogen-bond donors (Lipinski definition) is 1. The first-order valence-electron chi connectivity index (χ1n) is 11.6. The minimum Gasteiger partial charge on any atom is -0.422 e. The number of benzene rings is 1. The lowest BCUT2D eigenvalue weighted by Gasteiger charge is -2.33. The lowest BCUT2D eigenvalue weighted by atomic mass is 10.1. The highest BCUT2D eigenvalue weighted by Gasteiger charge is 2.41. The van der Waals surface area contributed by atoms with Crippen LogP contribution >= 0.6 is 11.6 Å². The van der Waals surface area contributed by atoms with Crippen molar-refractivity contribution in [2.45, 2.75) is 25.9 Å². The van der Waals surface area contributed by atoms with Crippen LogP contribution < -0.4 is 10.3 Å². The number of hydrazine groups is 1. The first-order valence-corrected chi connectivity index (χ1v) is 12.0. The molecule has 176 valence electrons. The second-order valence-electron chi connectivity index (χ2n) is 9.57. The predicted molar refractivity (Wildman–Crippen MR) is 130 cm³/mol. The van der Waals surface area contributed by atoms with Gasteiger partial charge in [-0.15, -0.1) is 0 Å². The molecule has 2 fully saturated rings. The summed E-state index contributed by atoms with van der Waals surface area (Å²) in [6.07, 6.45) is 4.23. The lowest BCUT2D eigenvalue weighted by molar-refractivity contribution is 0.0745. The summed E-state index contributed by atoms with van der Waals surface area (Å²) in [7, 11) is 0. The number of nitrogens with zero attached hydrogens (tertiary/aromatic N) is 6. The lowest BCUT2D eigenvalue weighted by Crippen LogP contribution is -2.48. The van der Waals surface area contributed by atoms with E-state index in [-0.39, 0.29) is 12.1 Å². The molecule has 1 N–H and O–H groups in total. The molecular formula is C24H26ClN7O2. The van der Waals surface area contributed by atoms with Gasteiger partial charge in [-0.25, -0.2) is 9.98 Å². The van der Waals surface area contributed by atoms with Crippen molar-refractivity contribution in [2.75, 3.05) is 37.6 Å². The van der Waals surface area contributed by atoms with Gasteiger partial charge in [0.15, 0.2) is 5.58 Å². The molecule has 1 aliphatic carbocycles. The van der Waals surface area contributed by atoms with Crippen molar-refractivity contribution in [3.05, 3.63) is 52.7 Å². The third-order valence-corrected chi connectivity index (χ3v) is 7.10. The van der Waals surface area contributed by atoms with Gasteiger partial charge in [-0.3, -0.25) is 4.79 Å². The molecule has 0 radical (unpaired) electrons. The molecule has 0 bridgehead atoms. The van der Waals surface area contributed by atoms with Gasteiger partial charge in [0.2, 0.25) is 5.65 Å². The summed E-state index contributed by atoms with van der Waals surface area (Å²) < 4.78 is 5.82. The van der Waals surface area contributed by atoms with E-state index in [1.165, 1.54) is 12.8 Å². The summed E-state index contributed by atoms with van der Waals surface area (Å²) in [5.41, 5.74) is 6.51. The maximum atomic E-state index is 13.1. The number of pyridine rings is 1. The Labute approximate surface area is 202 Å². The highest BCUT2D eigenvalue weighted by molar-refractivity contribution is 6.29. The second kappa shape index (κ2) is 8.25. The Hall–Kier alpha value is -3.17. The van der Waals surface area contributed by atoms with Gasteiger partial charge in [-0.1, -0.05) is 30.7 Å². The number of halogens is 1. The third kappa shape index (κ3) is 4.10. The monoisotopic (exact) mass is 479 g/mol. The number of rotatable bonds is 5. The van der Waals surface area contributed by atoms with Crippen molar-refractivity contribution in [2.24, 2.45) is 10.4 Å².